The Morgan fingerprint density at radius 1 is 1.00 bits per heavy atom. The summed E-state index contributed by atoms with van der Waals surface area (Å²) in [6.45, 7) is 7.62. The monoisotopic (exact) mass is 262 g/mol. The first-order chi connectivity index (χ1) is 9.13. The lowest BCUT2D eigenvalue weighted by atomic mass is 9.97. The Balaban J connectivity index is 0.00000154. The van der Waals surface area contributed by atoms with Crippen molar-refractivity contribution in [3.63, 3.8) is 0 Å². The second-order valence-corrected chi connectivity index (χ2v) is 4.44. The zero-order valence-electron chi connectivity index (χ0n) is 12.7. The van der Waals surface area contributed by atoms with E-state index >= 15 is 0 Å². The minimum Gasteiger partial charge on any atom is -0.300 e. The van der Waals surface area contributed by atoms with Crippen LogP contribution in [-0.4, -0.2) is 11.6 Å². The maximum atomic E-state index is 11.6. The zero-order chi connectivity index (χ0) is 14.7. The fourth-order valence-corrected chi connectivity index (χ4v) is 1.86. The van der Waals surface area contributed by atoms with E-state index in [0.29, 0.717) is 19.3 Å². The molecular formula is C17H26O2. The van der Waals surface area contributed by atoms with Gasteiger partial charge in [-0.2, -0.15) is 0 Å². The summed E-state index contributed by atoms with van der Waals surface area (Å²) in [7, 11) is 0. The van der Waals surface area contributed by atoms with Crippen LogP contribution in [0.25, 0.3) is 0 Å². The van der Waals surface area contributed by atoms with Gasteiger partial charge in [0.05, 0.1) is 0 Å². The number of aryl methyl sites for hydroxylation is 1. The molecule has 1 rings (SSSR count). The Kier molecular flexibility index (Phi) is 9.69. The summed E-state index contributed by atoms with van der Waals surface area (Å²) in [6.07, 6.45) is 3.33. The minimum atomic E-state index is 0.194. The van der Waals surface area contributed by atoms with E-state index in [0.717, 1.165) is 24.0 Å². The second-order valence-electron chi connectivity index (χ2n) is 4.44. The van der Waals surface area contributed by atoms with Crippen LogP contribution in [0, 0.1) is 0 Å². The molecule has 1 aromatic carbocycles. The first-order valence-corrected chi connectivity index (χ1v) is 7.21. The van der Waals surface area contributed by atoms with Crippen LogP contribution in [0.2, 0.25) is 0 Å². The lowest BCUT2D eigenvalue weighted by molar-refractivity contribution is -0.118. The molecule has 0 N–H and O–H groups in total. The molecule has 0 aliphatic carbocycles. The third kappa shape index (κ3) is 7.55. The summed E-state index contributed by atoms with van der Waals surface area (Å²) < 4.78 is 0. The van der Waals surface area contributed by atoms with E-state index in [1.165, 1.54) is 0 Å². The Morgan fingerprint density at radius 2 is 1.58 bits per heavy atom. The molecule has 0 saturated carbocycles. The van der Waals surface area contributed by atoms with E-state index < -0.39 is 0 Å². The van der Waals surface area contributed by atoms with E-state index in [2.05, 4.69) is 0 Å². The Labute approximate surface area is 117 Å². The first kappa shape index (κ1) is 17.6. The van der Waals surface area contributed by atoms with Crippen molar-refractivity contribution in [2.24, 2.45) is 0 Å². The average Bonchev–Trinajstić information content (AvgIpc) is 2.40. The number of benzene rings is 1. The fraction of sp³-hybridized carbons (Fsp3) is 0.529. The number of carbonyl (C=O) groups excluding carboxylic acids is 2. The molecule has 0 aliphatic rings. The van der Waals surface area contributed by atoms with Crippen molar-refractivity contribution in [3.05, 3.63) is 35.4 Å². The van der Waals surface area contributed by atoms with Gasteiger partial charge in [0.15, 0.2) is 0 Å². The molecule has 19 heavy (non-hydrogen) atoms. The van der Waals surface area contributed by atoms with Crippen molar-refractivity contribution in [2.75, 3.05) is 0 Å². The van der Waals surface area contributed by atoms with Gasteiger partial charge in [0, 0.05) is 19.3 Å². The predicted octanol–water partition coefficient (Wildman–Crippen LogP) is 4.15. The minimum absolute atomic E-state index is 0.194. The summed E-state index contributed by atoms with van der Waals surface area (Å²) in [5, 5.41) is 0. The summed E-state index contributed by atoms with van der Waals surface area (Å²) in [5.41, 5.74) is 2.21. The van der Waals surface area contributed by atoms with Crippen LogP contribution < -0.4 is 0 Å². The van der Waals surface area contributed by atoms with Crippen molar-refractivity contribution in [1.29, 1.82) is 0 Å². The number of rotatable bonds is 7. The highest BCUT2D eigenvalue weighted by molar-refractivity contribution is 5.81. The predicted molar refractivity (Wildman–Crippen MR) is 80.4 cm³/mol. The maximum absolute atomic E-state index is 11.6. The van der Waals surface area contributed by atoms with Gasteiger partial charge in [-0.25, -0.2) is 0 Å². The normalized spacial score (nSPS) is 9.47. The molecule has 0 amide bonds. The van der Waals surface area contributed by atoms with Crippen LogP contribution in [-0.2, 0) is 22.4 Å². The van der Waals surface area contributed by atoms with Crippen molar-refractivity contribution < 1.29 is 9.59 Å². The summed E-state index contributed by atoms with van der Waals surface area (Å²) in [5.74, 6) is 0.475. The molecule has 0 atom stereocenters. The highest BCUT2D eigenvalue weighted by Crippen LogP contribution is 2.13. The molecular weight excluding hydrogens is 236 g/mol. The first-order valence-electron chi connectivity index (χ1n) is 7.21. The molecule has 0 radical (unpaired) electrons. The average molecular weight is 262 g/mol. The van der Waals surface area contributed by atoms with Crippen molar-refractivity contribution in [3.8, 4) is 0 Å². The van der Waals surface area contributed by atoms with E-state index in [9.17, 15) is 9.59 Å². The maximum Gasteiger partial charge on any atom is 0.137 e. The third-order valence-electron chi connectivity index (χ3n) is 2.78. The number of hydrogen-bond acceptors (Lipinski definition) is 2. The van der Waals surface area contributed by atoms with Gasteiger partial charge in [0.25, 0.3) is 0 Å². The molecule has 0 saturated heterocycles. The molecule has 0 aromatic heterocycles. The van der Waals surface area contributed by atoms with Crippen LogP contribution in [0.1, 0.15) is 58.1 Å². The molecule has 1 aromatic rings. The molecule has 106 valence electrons. The topological polar surface area (TPSA) is 34.1 Å². The van der Waals surface area contributed by atoms with Crippen molar-refractivity contribution >= 4 is 11.6 Å². The van der Waals surface area contributed by atoms with Gasteiger partial charge in [-0.05, 0) is 30.9 Å². The fourth-order valence-electron chi connectivity index (χ4n) is 1.86. The Bertz CT molecular complexity index is 394. The van der Waals surface area contributed by atoms with Gasteiger partial charge in [0.2, 0.25) is 0 Å². The van der Waals surface area contributed by atoms with Gasteiger partial charge in [-0.1, -0.05) is 45.0 Å². The lowest BCUT2D eigenvalue weighted by Crippen LogP contribution is -2.05. The number of carbonyl (C=O) groups is 2. The molecule has 0 bridgehead atoms. The van der Waals surface area contributed by atoms with Gasteiger partial charge in [-0.15, -0.1) is 0 Å². The number of Topliss-reactive ketones (excluding diaryl/α,β-unsaturated/α-hetero) is 2. The Morgan fingerprint density at radius 3 is 2.11 bits per heavy atom. The van der Waals surface area contributed by atoms with Crippen LogP contribution in [0.4, 0.5) is 0 Å². The van der Waals surface area contributed by atoms with Crippen LogP contribution in [0.15, 0.2) is 24.3 Å². The largest absolute Gasteiger partial charge is 0.300 e. The zero-order valence-corrected chi connectivity index (χ0v) is 12.7. The summed E-state index contributed by atoms with van der Waals surface area (Å²) in [4.78, 5) is 22.6. The molecule has 2 heteroatoms. The van der Waals surface area contributed by atoms with E-state index in [1.54, 1.807) is 6.92 Å². The Hall–Kier alpha value is -1.44. The number of hydrogen-bond donors (Lipinski definition) is 0. The van der Waals surface area contributed by atoms with E-state index in [1.807, 2.05) is 45.0 Å². The molecule has 2 nitrogen and oxygen atoms in total. The van der Waals surface area contributed by atoms with Crippen LogP contribution in [0.3, 0.4) is 0 Å². The SMILES string of the molecule is CC.CCCC(=O)Cc1ccccc1CCC(C)=O. The second kappa shape index (κ2) is 10.5. The molecule has 0 unspecified atom stereocenters. The summed E-state index contributed by atoms with van der Waals surface area (Å²) in [6, 6.07) is 7.91. The van der Waals surface area contributed by atoms with Gasteiger partial charge in [-0.3, -0.25) is 4.79 Å². The molecule has 0 aliphatic heterocycles. The van der Waals surface area contributed by atoms with Gasteiger partial charge < -0.3 is 4.79 Å². The highest BCUT2D eigenvalue weighted by Gasteiger charge is 2.07. The van der Waals surface area contributed by atoms with Crippen molar-refractivity contribution in [2.45, 2.75) is 59.8 Å². The smallest absolute Gasteiger partial charge is 0.137 e. The van der Waals surface area contributed by atoms with Crippen LogP contribution in [0.5, 0.6) is 0 Å². The molecule has 0 heterocycles. The molecule has 0 spiro atoms. The lowest BCUT2D eigenvalue weighted by Gasteiger charge is -2.07. The quantitative estimate of drug-likeness (QED) is 0.740. The van der Waals surface area contributed by atoms with E-state index in [4.69, 9.17) is 0 Å². The third-order valence-corrected chi connectivity index (χ3v) is 2.78. The highest BCUT2D eigenvalue weighted by atomic mass is 16.1. The standard InChI is InChI=1S/C15H20O2.C2H6/c1-3-6-15(17)11-14-8-5-4-7-13(14)10-9-12(2)16;1-2/h4-5,7-8H,3,6,9-11H2,1-2H3;1-2H3. The van der Waals surface area contributed by atoms with E-state index in [-0.39, 0.29) is 11.6 Å². The molecule has 0 fully saturated rings. The van der Waals surface area contributed by atoms with Gasteiger partial charge in [0.1, 0.15) is 11.6 Å². The van der Waals surface area contributed by atoms with Crippen LogP contribution >= 0.6 is 0 Å². The van der Waals surface area contributed by atoms with Crippen molar-refractivity contribution in [1.82, 2.24) is 0 Å². The summed E-state index contributed by atoms with van der Waals surface area (Å²) >= 11 is 0. The van der Waals surface area contributed by atoms with Gasteiger partial charge >= 0.3 is 0 Å². The number of ketones is 2.